The normalized spacial score (nSPS) is 25.1. The zero-order chi connectivity index (χ0) is 21.0. The zero-order valence-electron chi connectivity index (χ0n) is 17.5. The lowest BCUT2D eigenvalue weighted by Crippen LogP contribution is -2.52. The molecule has 3 atom stereocenters. The van der Waals surface area contributed by atoms with Gasteiger partial charge in [0.15, 0.2) is 0 Å². The van der Waals surface area contributed by atoms with E-state index in [-0.39, 0.29) is 23.6 Å². The number of ether oxygens (including phenoxy) is 2. The van der Waals surface area contributed by atoms with E-state index in [1.165, 1.54) is 0 Å². The molecule has 7 heteroatoms. The van der Waals surface area contributed by atoms with Crippen LogP contribution in [0.4, 0.5) is 9.59 Å². The van der Waals surface area contributed by atoms with Gasteiger partial charge in [0.05, 0.1) is 0 Å². The number of carbonyl (C=O) groups excluding carboxylic acids is 1. The minimum Gasteiger partial charge on any atom is -0.491 e. The van der Waals surface area contributed by atoms with Gasteiger partial charge in [0.2, 0.25) is 0 Å². The van der Waals surface area contributed by atoms with E-state index in [0.29, 0.717) is 32.2 Å². The van der Waals surface area contributed by atoms with Crippen molar-refractivity contribution in [3.05, 3.63) is 30.3 Å². The van der Waals surface area contributed by atoms with E-state index in [4.69, 9.17) is 9.47 Å². The van der Waals surface area contributed by atoms with Crippen molar-refractivity contribution in [3.63, 3.8) is 0 Å². The van der Waals surface area contributed by atoms with Gasteiger partial charge < -0.3 is 19.5 Å². The zero-order valence-corrected chi connectivity index (χ0v) is 17.5. The van der Waals surface area contributed by atoms with Crippen molar-refractivity contribution < 1.29 is 24.2 Å². The number of benzene rings is 1. The highest BCUT2D eigenvalue weighted by Crippen LogP contribution is 2.36. The van der Waals surface area contributed by atoms with Crippen LogP contribution in [0, 0.1) is 11.3 Å². The van der Waals surface area contributed by atoms with Crippen molar-refractivity contribution in [1.29, 1.82) is 0 Å². The molecule has 0 aliphatic carbocycles. The third-order valence-corrected chi connectivity index (χ3v) is 5.99. The summed E-state index contributed by atoms with van der Waals surface area (Å²) in [6, 6.07) is 9.44. The fourth-order valence-electron chi connectivity index (χ4n) is 4.28. The smallest absolute Gasteiger partial charge is 0.410 e. The molecule has 7 nitrogen and oxygen atoms in total. The van der Waals surface area contributed by atoms with Crippen molar-refractivity contribution >= 4 is 12.2 Å². The van der Waals surface area contributed by atoms with Crippen LogP contribution in [0.2, 0.25) is 0 Å². The number of carboxylic acid groups (broad SMARTS) is 1. The van der Waals surface area contributed by atoms with E-state index in [0.717, 1.165) is 25.0 Å². The predicted molar refractivity (Wildman–Crippen MR) is 109 cm³/mol. The lowest BCUT2D eigenvalue weighted by Gasteiger charge is -2.45. The Kier molecular flexibility index (Phi) is 6.55. The van der Waals surface area contributed by atoms with Crippen LogP contribution in [0.15, 0.2) is 30.3 Å². The van der Waals surface area contributed by atoms with E-state index in [9.17, 15) is 14.7 Å². The average molecular weight is 405 g/mol. The van der Waals surface area contributed by atoms with Crippen LogP contribution >= 0.6 is 0 Å². The Hall–Kier alpha value is -2.44. The molecule has 1 N–H and O–H groups in total. The van der Waals surface area contributed by atoms with Gasteiger partial charge in [-0.1, -0.05) is 39.0 Å². The lowest BCUT2D eigenvalue weighted by atomic mass is 9.76. The van der Waals surface area contributed by atoms with Crippen LogP contribution in [0.1, 0.15) is 40.0 Å². The van der Waals surface area contributed by atoms with Crippen LogP contribution in [0.5, 0.6) is 5.75 Å². The Balaban J connectivity index is 1.54. The molecular weight excluding hydrogens is 372 g/mol. The highest BCUT2D eigenvalue weighted by Gasteiger charge is 2.39. The summed E-state index contributed by atoms with van der Waals surface area (Å²) in [5.74, 6) is 1.17. The van der Waals surface area contributed by atoms with Crippen LogP contribution in [0.25, 0.3) is 0 Å². The first-order valence-corrected chi connectivity index (χ1v) is 10.4. The second-order valence-corrected chi connectivity index (χ2v) is 9.09. The van der Waals surface area contributed by atoms with Gasteiger partial charge in [0.1, 0.15) is 25.0 Å². The molecule has 2 aliphatic heterocycles. The van der Waals surface area contributed by atoms with Crippen molar-refractivity contribution in [1.82, 2.24) is 9.80 Å². The fraction of sp³-hybridized carbons (Fsp3) is 0.636. The van der Waals surface area contributed by atoms with Crippen molar-refractivity contribution in [2.45, 2.75) is 52.1 Å². The number of para-hydroxylation sites is 1. The van der Waals surface area contributed by atoms with Gasteiger partial charge in [-0.05, 0) is 42.7 Å². The summed E-state index contributed by atoms with van der Waals surface area (Å²) >= 11 is 0. The van der Waals surface area contributed by atoms with E-state index < -0.39 is 6.09 Å². The molecule has 2 amide bonds. The van der Waals surface area contributed by atoms with Crippen molar-refractivity contribution in [2.24, 2.45) is 11.3 Å². The third-order valence-electron chi connectivity index (χ3n) is 5.99. The van der Waals surface area contributed by atoms with Crippen molar-refractivity contribution in [2.75, 3.05) is 26.3 Å². The average Bonchev–Trinajstić information content (AvgIpc) is 3.04. The number of cyclic esters (lactones) is 1. The predicted octanol–water partition coefficient (Wildman–Crippen LogP) is 4.08. The highest BCUT2D eigenvalue weighted by atomic mass is 16.6. The van der Waals surface area contributed by atoms with Gasteiger partial charge in [-0.2, -0.15) is 0 Å². The van der Waals surface area contributed by atoms with E-state index in [1.807, 2.05) is 30.3 Å². The molecule has 1 aromatic carbocycles. The Bertz CT molecular complexity index is 703. The summed E-state index contributed by atoms with van der Waals surface area (Å²) in [5, 5.41) is 9.53. The van der Waals surface area contributed by atoms with Gasteiger partial charge in [-0.3, -0.25) is 4.90 Å². The monoisotopic (exact) mass is 404 g/mol. The number of rotatable bonds is 6. The van der Waals surface area contributed by atoms with E-state index in [2.05, 4.69) is 20.8 Å². The largest absolute Gasteiger partial charge is 0.491 e. The molecular formula is C22H32N2O5. The number of amides is 2. The van der Waals surface area contributed by atoms with Gasteiger partial charge in [-0.15, -0.1) is 0 Å². The Labute approximate surface area is 172 Å². The number of likely N-dealkylation sites (tertiary alicyclic amines) is 1. The maximum atomic E-state index is 12.2. The second kappa shape index (κ2) is 8.93. The van der Waals surface area contributed by atoms with Crippen molar-refractivity contribution in [3.8, 4) is 5.75 Å². The number of carbonyl (C=O) groups is 2. The van der Waals surface area contributed by atoms with Gasteiger partial charge in [0, 0.05) is 19.1 Å². The molecule has 29 heavy (non-hydrogen) atoms. The SMILES string of the molecule is CC(C)(C)[C@H]1CC(CCN2C(=O)OCC2COc2ccccc2)CCN1C(=O)O. The first-order chi connectivity index (χ1) is 13.8. The maximum Gasteiger partial charge on any atom is 0.410 e. The minimum absolute atomic E-state index is 0.0125. The van der Waals surface area contributed by atoms with Crippen LogP contribution in [0.3, 0.4) is 0 Å². The molecule has 0 bridgehead atoms. The summed E-state index contributed by atoms with van der Waals surface area (Å²) in [4.78, 5) is 27.1. The van der Waals surface area contributed by atoms with Gasteiger partial charge in [0.25, 0.3) is 0 Å². The topological polar surface area (TPSA) is 79.3 Å². The maximum absolute atomic E-state index is 12.2. The molecule has 2 aliphatic rings. The molecule has 2 saturated heterocycles. The Morgan fingerprint density at radius 2 is 2.00 bits per heavy atom. The van der Waals surface area contributed by atoms with Crippen LogP contribution in [-0.2, 0) is 4.74 Å². The molecule has 3 rings (SSSR count). The van der Waals surface area contributed by atoms with Gasteiger partial charge in [-0.25, -0.2) is 9.59 Å². The molecule has 160 valence electrons. The number of nitrogens with zero attached hydrogens (tertiary/aromatic N) is 2. The first-order valence-electron chi connectivity index (χ1n) is 10.4. The number of hydrogen-bond acceptors (Lipinski definition) is 4. The highest BCUT2D eigenvalue weighted by molar-refractivity contribution is 5.70. The summed E-state index contributed by atoms with van der Waals surface area (Å²) in [6.45, 7) is 8.16. The molecule has 0 saturated carbocycles. The van der Waals surface area contributed by atoms with E-state index >= 15 is 0 Å². The minimum atomic E-state index is -0.843. The summed E-state index contributed by atoms with van der Waals surface area (Å²) in [5.41, 5.74) is -0.115. The van der Waals surface area contributed by atoms with Crippen LogP contribution in [-0.4, -0.2) is 65.5 Å². The molecule has 1 aromatic rings. The van der Waals surface area contributed by atoms with Gasteiger partial charge >= 0.3 is 12.2 Å². The number of piperidine rings is 1. The lowest BCUT2D eigenvalue weighted by molar-refractivity contribution is 0.0370. The molecule has 2 fully saturated rings. The molecule has 2 unspecified atom stereocenters. The summed E-state index contributed by atoms with van der Waals surface area (Å²) < 4.78 is 11.1. The fourth-order valence-corrected chi connectivity index (χ4v) is 4.28. The molecule has 0 radical (unpaired) electrons. The Morgan fingerprint density at radius 1 is 1.28 bits per heavy atom. The number of hydrogen-bond donors (Lipinski definition) is 1. The quantitative estimate of drug-likeness (QED) is 0.773. The standard InChI is InChI=1S/C22H32N2O5/c1-22(2,3)19-13-16(10-12-24(19)20(25)26)9-11-23-17(15-29-21(23)27)14-28-18-7-5-4-6-8-18/h4-8,16-17,19H,9-15H2,1-3H3,(H,25,26)/t16?,17?,19-/m1/s1. The first kappa shape index (κ1) is 21.3. The molecule has 0 aromatic heterocycles. The summed E-state index contributed by atoms with van der Waals surface area (Å²) in [6.07, 6.45) is 1.36. The van der Waals surface area contributed by atoms with E-state index in [1.54, 1.807) is 9.80 Å². The third kappa shape index (κ3) is 5.34. The summed E-state index contributed by atoms with van der Waals surface area (Å²) in [7, 11) is 0. The van der Waals surface area contributed by atoms with Crippen LogP contribution < -0.4 is 4.74 Å². The molecule has 0 spiro atoms. The second-order valence-electron chi connectivity index (χ2n) is 9.09. The Morgan fingerprint density at radius 3 is 2.66 bits per heavy atom. The molecule has 2 heterocycles.